The minimum Gasteiger partial charge on any atom is -0.497 e. The molecule has 0 aliphatic rings. The Morgan fingerprint density at radius 3 is 2.55 bits per heavy atom. The molecule has 0 spiro atoms. The number of rotatable bonds is 8. The number of nitrogens with one attached hydrogen (secondary N) is 1. The van der Waals surface area contributed by atoms with Gasteiger partial charge in [-0.15, -0.1) is 0 Å². The van der Waals surface area contributed by atoms with Gasteiger partial charge in [0.2, 0.25) is 5.91 Å². The fourth-order valence-electron chi connectivity index (χ4n) is 3.09. The highest BCUT2D eigenvalue weighted by atomic mass is 32.2. The van der Waals surface area contributed by atoms with Gasteiger partial charge < -0.3 is 10.1 Å². The minimum atomic E-state index is -0.112. The molecule has 0 saturated heterocycles. The van der Waals surface area contributed by atoms with Gasteiger partial charge in [-0.2, -0.15) is 5.10 Å². The standard InChI is InChI=1S/C22H22N6O2S/c1-16(17-3-5-19(6-4-17)28-15-23-14-25-28)26-21(29)13-31-22-24-11-12-27(22)18-7-9-20(30-2)10-8-18/h3-12,14-16H,13H2,1-2H3,(H,26,29)/t16-/m0/s1. The Bertz CT molecular complexity index is 1120. The maximum absolute atomic E-state index is 12.5. The van der Waals surface area contributed by atoms with E-state index >= 15 is 0 Å². The van der Waals surface area contributed by atoms with Crippen LogP contribution in [0, 0.1) is 0 Å². The van der Waals surface area contributed by atoms with Crippen molar-refractivity contribution in [2.24, 2.45) is 0 Å². The Balaban J connectivity index is 1.34. The summed E-state index contributed by atoms with van der Waals surface area (Å²) >= 11 is 1.39. The second kappa shape index (κ2) is 9.48. The Morgan fingerprint density at radius 2 is 1.87 bits per heavy atom. The summed E-state index contributed by atoms with van der Waals surface area (Å²) in [5, 5.41) is 7.91. The molecule has 8 nitrogen and oxygen atoms in total. The van der Waals surface area contributed by atoms with Gasteiger partial charge >= 0.3 is 0 Å². The molecule has 2 aromatic heterocycles. The molecule has 0 fully saturated rings. The zero-order chi connectivity index (χ0) is 21.6. The van der Waals surface area contributed by atoms with E-state index in [1.54, 1.807) is 24.3 Å². The topological polar surface area (TPSA) is 86.9 Å². The van der Waals surface area contributed by atoms with Gasteiger partial charge in [0.05, 0.1) is 24.6 Å². The lowest BCUT2D eigenvalue weighted by Crippen LogP contribution is -2.28. The lowest BCUT2D eigenvalue weighted by molar-refractivity contribution is -0.119. The van der Waals surface area contributed by atoms with Gasteiger partial charge in [0, 0.05) is 18.1 Å². The summed E-state index contributed by atoms with van der Waals surface area (Å²) in [5.74, 6) is 1.01. The molecule has 0 unspecified atom stereocenters. The lowest BCUT2D eigenvalue weighted by atomic mass is 10.1. The van der Waals surface area contributed by atoms with E-state index in [4.69, 9.17) is 4.74 Å². The number of carbonyl (C=O) groups is 1. The van der Waals surface area contributed by atoms with E-state index in [9.17, 15) is 4.79 Å². The summed E-state index contributed by atoms with van der Waals surface area (Å²) < 4.78 is 8.84. The number of benzene rings is 2. The van der Waals surface area contributed by atoms with Crippen LogP contribution in [0.15, 0.2) is 78.7 Å². The molecule has 2 aromatic carbocycles. The molecule has 0 saturated carbocycles. The van der Waals surface area contributed by atoms with Gasteiger partial charge in [-0.1, -0.05) is 23.9 Å². The summed E-state index contributed by atoms with van der Waals surface area (Å²) in [7, 11) is 1.64. The molecule has 9 heteroatoms. The molecule has 1 N–H and O–H groups in total. The van der Waals surface area contributed by atoms with E-state index in [1.165, 1.54) is 18.1 Å². The van der Waals surface area contributed by atoms with Crippen LogP contribution < -0.4 is 10.1 Å². The van der Waals surface area contributed by atoms with Crippen LogP contribution in [0.1, 0.15) is 18.5 Å². The Kier molecular flexibility index (Phi) is 6.32. The zero-order valence-electron chi connectivity index (χ0n) is 17.2. The maximum Gasteiger partial charge on any atom is 0.230 e. The number of hydrogen-bond acceptors (Lipinski definition) is 6. The highest BCUT2D eigenvalue weighted by molar-refractivity contribution is 7.99. The average Bonchev–Trinajstić information content (AvgIpc) is 3.50. The SMILES string of the molecule is COc1ccc(-n2ccnc2SCC(=O)N[C@@H](C)c2ccc(-n3cncn3)cc2)cc1. The molecular weight excluding hydrogens is 412 g/mol. The van der Waals surface area contributed by atoms with E-state index in [2.05, 4.69) is 20.4 Å². The Hall–Kier alpha value is -3.59. The number of aromatic nitrogens is 5. The first-order valence-corrected chi connectivity index (χ1v) is 10.7. The molecule has 2 heterocycles. The molecule has 0 radical (unpaired) electrons. The van der Waals surface area contributed by atoms with Gasteiger partial charge in [-0.25, -0.2) is 14.6 Å². The van der Waals surface area contributed by atoms with Crippen LogP contribution in [0.25, 0.3) is 11.4 Å². The van der Waals surface area contributed by atoms with Crippen molar-refractivity contribution in [3.8, 4) is 17.1 Å². The first kappa shape index (κ1) is 20.7. The number of methoxy groups -OCH3 is 1. The Morgan fingerprint density at radius 1 is 1.13 bits per heavy atom. The van der Waals surface area contributed by atoms with Gasteiger partial charge in [-0.05, 0) is 48.9 Å². The second-order valence-electron chi connectivity index (χ2n) is 6.79. The molecule has 158 valence electrons. The molecule has 0 aliphatic heterocycles. The number of amides is 1. The molecule has 1 amide bonds. The predicted molar refractivity (Wildman–Crippen MR) is 119 cm³/mol. The normalized spacial score (nSPS) is 11.8. The molecule has 31 heavy (non-hydrogen) atoms. The molecule has 4 aromatic rings. The minimum absolute atomic E-state index is 0.0536. The van der Waals surface area contributed by atoms with Crippen molar-refractivity contribution in [1.29, 1.82) is 0 Å². The number of hydrogen-bond donors (Lipinski definition) is 1. The quantitative estimate of drug-likeness (QED) is 0.428. The van der Waals surface area contributed by atoms with Gasteiger partial charge in [0.1, 0.15) is 18.4 Å². The first-order valence-electron chi connectivity index (χ1n) is 9.69. The first-order chi connectivity index (χ1) is 15.1. The third-order valence-corrected chi connectivity index (χ3v) is 5.71. The average molecular weight is 435 g/mol. The lowest BCUT2D eigenvalue weighted by Gasteiger charge is -2.15. The molecule has 4 rings (SSSR count). The highest BCUT2D eigenvalue weighted by Crippen LogP contribution is 2.22. The third kappa shape index (κ3) is 4.95. The number of carbonyl (C=O) groups excluding carboxylic acids is 1. The van der Waals surface area contributed by atoms with Crippen molar-refractivity contribution in [1.82, 2.24) is 29.6 Å². The van der Waals surface area contributed by atoms with Gasteiger partial charge in [-0.3, -0.25) is 9.36 Å². The number of imidazole rings is 1. The van der Waals surface area contributed by atoms with Crippen LogP contribution >= 0.6 is 11.8 Å². The highest BCUT2D eigenvalue weighted by Gasteiger charge is 2.13. The van der Waals surface area contributed by atoms with Gasteiger partial charge in [0.15, 0.2) is 5.16 Å². The van der Waals surface area contributed by atoms with E-state index < -0.39 is 0 Å². The van der Waals surface area contributed by atoms with Crippen molar-refractivity contribution < 1.29 is 9.53 Å². The third-order valence-electron chi connectivity index (χ3n) is 4.74. The van der Waals surface area contributed by atoms with E-state index in [0.717, 1.165) is 27.8 Å². The fraction of sp³-hybridized carbons (Fsp3) is 0.182. The van der Waals surface area contributed by atoms with Crippen LogP contribution in [-0.2, 0) is 4.79 Å². The number of nitrogens with zero attached hydrogens (tertiary/aromatic N) is 5. The monoisotopic (exact) mass is 434 g/mol. The van der Waals surface area contributed by atoms with Crippen LogP contribution in [-0.4, -0.2) is 43.1 Å². The second-order valence-corrected chi connectivity index (χ2v) is 7.73. The summed E-state index contributed by atoms with van der Waals surface area (Å²) in [6, 6.07) is 15.4. The Labute approximate surface area is 184 Å². The van der Waals surface area contributed by atoms with Crippen molar-refractivity contribution in [2.75, 3.05) is 12.9 Å². The van der Waals surface area contributed by atoms with Crippen LogP contribution in [0.5, 0.6) is 5.75 Å². The fourth-order valence-corrected chi connectivity index (χ4v) is 3.87. The van der Waals surface area contributed by atoms with E-state index in [-0.39, 0.29) is 17.7 Å². The summed E-state index contributed by atoms with van der Waals surface area (Å²) in [5.41, 5.74) is 2.89. The smallest absolute Gasteiger partial charge is 0.230 e. The van der Waals surface area contributed by atoms with Crippen molar-refractivity contribution >= 4 is 17.7 Å². The largest absolute Gasteiger partial charge is 0.497 e. The van der Waals surface area contributed by atoms with Crippen molar-refractivity contribution in [3.05, 3.63) is 79.1 Å². The molecule has 1 atom stereocenters. The van der Waals surface area contributed by atoms with E-state index in [1.807, 2.05) is 66.2 Å². The molecular formula is C22H22N6O2S. The molecule has 0 aliphatic carbocycles. The summed E-state index contributed by atoms with van der Waals surface area (Å²) in [6.45, 7) is 1.96. The maximum atomic E-state index is 12.5. The number of thioether (sulfide) groups is 1. The zero-order valence-corrected chi connectivity index (χ0v) is 18.0. The van der Waals surface area contributed by atoms with E-state index in [0.29, 0.717) is 0 Å². The van der Waals surface area contributed by atoms with Crippen molar-refractivity contribution in [3.63, 3.8) is 0 Å². The van der Waals surface area contributed by atoms with Crippen LogP contribution in [0.3, 0.4) is 0 Å². The summed E-state index contributed by atoms with van der Waals surface area (Å²) in [6.07, 6.45) is 6.74. The van der Waals surface area contributed by atoms with Gasteiger partial charge in [0.25, 0.3) is 0 Å². The van der Waals surface area contributed by atoms with Crippen LogP contribution in [0.2, 0.25) is 0 Å². The number of ether oxygens (including phenoxy) is 1. The molecule has 0 bridgehead atoms. The van der Waals surface area contributed by atoms with Crippen molar-refractivity contribution in [2.45, 2.75) is 18.1 Å². The van der Waals surface area contributed by atoms with Crippen LogP contribution in [0.4, 0.5) is 0 Å². The predicted octanol–water partition coefficient (Wildman–Crippen LogP) is 3.43. The summed E-state index contributed by atoms with van der Waals surface area (Å²) in [4.78, 5) is 20.8.